The first kappa shape index (κ1) is 16.7. The Balaban J connectivity index is 1.44. The standard InChI is InChI=1S/C16H15FN10S/c1-26-12(20-8-22-26)7-27-3-2-11-13(10-6-21-25-14(10)27)23-16(28-11)24-15-18-4-9(17)5-19-15/h4-6,8H,2-3,7H2,1H3,(H,21,25)(H,18,19,23,24). The van der Waals surface area contributed by atoms with Gasteiger partial charge >= 0.3 is 0 Å². The molecule has 0 spiro atoms. The van der Waals surface area contributed by atoms with E-state index >= 15 is 0 Å². The summed E-state index contributed by atoms with van der Waals surface area (Å²) in [6.07, 6.45) is 6.38. The average molecular weight is 398 g/mol. The maximum atomic E-state index is 13.0. The lowest BCUT2D eigenvalue weighted by molar-refractivity contribution is 0.614. The summed E-state index contributed by atoms with van der Waals surface area (Å²) >= 11 is 1.53. The number of fused-ring (bicyclic) bond motifs is 3. The number of rotatable bonds is 4. The van der Waals surface area contributed by atoms with Crippen LogP contribution in [0.2, 0.25) is 0 Å². The predicted octanol–water partition coefficient (Wildman–Crippen LogP) is 1.90. The molecule has 0 amide bonds. The van der Waals surface area contributed by atoms with Crippen LogP contribution >= 0.6 is 11.3 Å². The number of aromatic amines is 1. The molecule has 0 saturated heterocycles. The molecule has 1 aliphatic heterocycles. The molecule has 28 heavy (non-hydrogen) atoms. The highest BCUT2D eigenvalue weighted by Gasteiger charge is 2.26. The fraction of sp³-hybridized carbons (Fsp3) is 0.250. The Kier molecular flexibility index (Phi) is 3.97. The number of aromatic nitrogens is 8. The van der Waals surface area contributed by atoms with Gasteiger partial charge in [-0.1, -0.05) is 0 Å². The van der Waals surface area contributed by atoms with Crippen molar-refractivity contribution in [3.8, 4) is 11.3 Å². The van der Waals surface area contributed by atoms with Gasteiger partial charge in [-0.2, -0.15) is 10.2 Å². The van der Waals surface area contributed by atoms with Crippen molar-refractivity contribution < 1.29 is 4.39 Å². The van der Waals surface area contributed by atoms with Gasteiger partial charge in [-0.25, -0.2) is 24.3 Å². The van der Waals surface area contributed by atoms with Crippen LogP contribution in [-0.2, 0) is 20.0 Å². The third kappa shape index (κ3) is 2.97. The molecule has 142 valence electrons. The van der Waals surface area contributed by atoms with Crippen LogP contribution in [0.4, 0.5) is 21.3 Å². The van der Waals surface area contributed by atoms with Crippen LogP contribution in [0, 0.1) is 5.82 Å². The van der Waals surface area contributed by atoms with Crippen molar-refractivity contribution in [3.63, 3.8) is 0 Å². The number of thiazole rings is 1. The van der Waals surface area contributed by atoms with Crippen molar-refractivity contribution in [1.82, 2.24) is 39.9 Å². The topological polar surface area (TPSA) is 113 Å². The number of hydrogen-bond donors (Lipinski definition) is 2. The van der Waals surface area contributed by atoms with Gasteiger partial charge in [0.25, 0.3) is 0 Å². The Bertz CT molecular complexity index is 1110. The summed E-state index contributed by atoms with van der Waals surface area (Å²) in [7, 11) is 1.88. The number of halogens is 1. The fourth-order valence-corrected chi connectivity index (χ4v) is 4.05. The van der Waals surface area contributed by atoms with E-state index in [0.717, 1.165) is 53.1 Å². The van der Waals surface area contributed by atoms with E-state index in [1.54, 1.807) is 17.2 Å². The van der Waals surface area contributed by atoms with Crippen LogP contribution in [-0.4, -0.2) is 46.5 Å². The van der Waals surface area contributed by atoms with Crippen LogP contribution in [0.15, 0.2) is 24.9 Å². The highest BCUT2D eigenvalue weighted by molar-refractivity contribution is 7.16. The second-order valence-electron chi connectivity index (χ2n) is 6.24. The number of hydrogen-bond acceptors (Lipinski definition) is 9. The first-order valence-corrected chi connectivity index (χ1v) is 9.35. The monoisotopic (exact) mass is 398 g/mol. The molecular weight excluding hydrogens is 383 g/mol. The van der Waals surface area contributed by atoms with Gasteiger partial charge in [0.1, 0.15) is 18.0 Å². The zero-order valence-corrected chi connectivity index (χ0v) is 15.6. The molecule has 0 atom stereocenters. The van der Waals surface area contributed by atoms with Crippen molar-refractivity contribution in [2.45, 2.75) is 13.0 Å². The normalized spacial score (nSPS) is 13.1. The Hall–Kier alpha value is -3.41. The largest absolute Gasteiger partial charge is 0.349 e. The van der Waals surface area contributed by atoms with E-state index in [2.05, 4.69) is 40.5 Å². The molecule has 0 fully saturated rings. The van der Waals surface area contributed by atoms with Gasteiger partial charge in [0.05, 0.1) is 36.4 Å². The maximum Gasteiger partial charge on any atom is 0.229 e. The maximum absolute atomic E-state index is 13.0. The molecule has 5 rings (SSSR count). The molecule has 0 aliphatic carbocycles. The first-order valence-electron chi connectivity index (χ1n) is 8.53. The molecule has 0 radical (unpaired) electrons. The van der Waals surface area contributed by atoms with Gasteiger partial charge < -0.3 is 10.2 Å². The zero-order chi connectivity index (χ0) is 19.1. The van der Waals surface area contributed by atoms with Gasteiger partial charge in [-0.15, -0.1) is 11.3 Å². The van der Waals surface area contributed by atoms with Gasteiger partial charge in [-0.05, 0) is 0 Å². The molecule has 0 bridgehead atoms. The summed E-state index contributed by atoms with van der Waals surface area (Å²) in [5.74, 6) is 1.60. The van der Waals surface area contributed by atoms with Crippen molar-refractivity contribution in [2.75, 3.05) is 16.8 Å². The third-order valence-corrected chi connectivity index (χ3v) is 5.50. The minimum absolute atomic E-state index is 0.307. The Morgan fingerprint density at radius 3 is 2.89 bits per heavy atom. The van der Waals surface area contributed by atoms with E-state index in [0.29, 0.717) is 17.6 Å². The fourth-order valence-electron chi connectivity index (χ4n) is 3.09. The molecule has 0 saturated carbocycles. The minimum Gasteiger partial charge on any atom is -0.349 e. The van der Waals surface area contributed by atoms with Gasteiger partial charge in [0, 0.05) is 24.9 Å². The van der Waals surface area contributed by atoms with E-state index in [1.165, 1.54) is 11.3 Å². The highest BCUT2D eigenvalue weighted by atomic mass is 32.1. The van der Waals surface area contributed by atoms with Crippen LogP contribution in [0.3, 0.4) is 0 Å². The lowest BCUT2D eigenvalue weighted by atomic mass is 10.2. The number of aryl methyl sites for hydroxylation is 1. The van der Waals surface area contributed by atoms with Crippen molar-refractivity contribution >= 4 is 28.2 Å². The molecule has 5 heterocycles. The van der Waals surface area contributed by atoms with Crippen LogP contribution in [0.1, 0.15) is 10.7 Å². The Morgan fingerprint density at radius 2 is 2.11 bits per heavy atom. The number of nitrogens with zero attached hydrogens (tertiary/aromatic N) is 8. The highest BCUT2D eigenvalue weighted by Crippen LogP contribution is 2.39. The van der Waals surface area contributed by atoms with Gasteiger partial charge in [0.2, 0.25) is 5.95 Å². The zero-order valence-electron chi connectivity index (χ0n) is 14.8. The molecular formula is C16H15FN10S. The summed E-state index contributed by atoms with van der Waals surface area (Å²) < 4.78 is 14.8. The number of nitrogens with one attached hydrogen (secondary N) is 2. The lowest BCUT2D eigenvalue weighted by Gasteiger charge is -2.21. The summed E-state index contributed by atoms with van der Waals surface area (Å²) in [6, 6.07) is 0. The third-order valence-electron chi connectivity index (χ3n) is 4.47. The quantitative estimate of drug-likeness (QED) is 0.536. The van der Waals surface area contributed by atoms with Crippen LogP contribution in [0.25, 0.3) is 11.3 Å². The summed E-state index contributed by atoms with van der Waals surface area (Å²) in [6.45, 7) is 1.40. The molecule has 10 nitrogen and oxygen atoms in total. The van der Waals surface area contributed by atoms with E-state index in [1.807, 2.05) is 7.05 Å². The predicted molar refractivity (Wildman–Crippen MR) is 101 cm³/mol. The smallest absolute Gasteiger partial charge is 0.229 e. The molecule has 12 heteroatoms. The molecule has 1 aliphatic rings. The van der Waals surface area contributed by atoms with Crippen LogP contribution in [0.5, 0.6) is 0 Å². The first-order chi connectivity index (χ1) is 13.7. The summed E-state index contributed by atoms with van der Waals surface area (Å²) in [5.41, 5.74) is 1.80. The van der Waals surface area contributed by atoms with E-state index < -0.39 is 5.82 Å². The summed E-state index contributed by atoms with van der Waals surface area (Å²) in [4.78, 5) is 20.2. The van der Waals surface area contributed by atoms with E-state index in [-0.39, 0.29) is 0 Å². The van der Waals surface area contributed by atoms with E-state index in [4.69, 9.17) is 4.98 Å². The minimum atomic E-state index is -0.480. The van der Waals surface area contributed by atoms with Gasteiger partial charge in [0.15, 0.2) is 10.9 Å². The average Bonchev–Trinajstić information content (AvgIpc) is 3.39. The number of anilines is 3. The van der Waals surface area contributed by atoms with E-state index in [9.17, 15) is 4.39 Å². The summed E-state index contributed by atoms with van der Waals surface area (Å²) in [5, 5.41) is 15.1. The molecule has 4 aromatic heterocycles. The van der Waals surface area contributed by atoms with Crippen LogP contribution < -0.4 is 10.2 Å². The Labute approximate surface area is 162 Å². The van der Waals surface area contributed by atoms with Gasteiger partial charge in [-0.3, -0.25) is 9.78 Å². The SMILES string of the molecule is Cn1ncnc1CN1CCc2sc(Nc3ncc(F)cn3)nc2-c2cn[nH]c21. The number of H-pyrrole nitrogens is 1. The molecule has 4 aromatic rings. The molecule has 0 unspecified atom stereocenters. The van der Waals surface area contributed by atoms with Crippen molar-refractivity contribution in [1.29, 1.82) is 0 Å². The molecule has 2 N–H and O–H groups in total. The molecule has 0 aromatic carbocycles. The van der Waals surface area contributed by atoms with Crippen molar-refractivity contribution in [3.05, 3.63) is 41.4 Å². The second-order valence-corrected chi connectivity index (χ2v) is 7.33. The van der Waals surface area contributed by atoms with Crippen molar-refractivity contribution in [2.24, 2.45) is 7.05 Å². The lowest BCUT2D eigenvalue weighted by Crippen LogP contribution is -2.26. The Morgan fingerprint density at radius 1 is 1.25 bits per heavy atom. The second kappa shape index (κ2) is 6.64.